The number of hydrogen-bond donors (Lipinski definition) is 1. The second-order valence-corrected chi connectivity index (χ2v) is 4.66. The van der Waals surface area contributed by atoms with Crippen LogP contribution in [0.2, 0.25) is 10.0 Å². The maximum atomic E-state index is 6.07. The molecular formula is C11H13Cl2N3. The SMILES string of the molecule is CC1CN=C(Nc2c(Cl)cccc2Cl)N1C. The Bertz CT molecular complexity index is 411. The molecule has 1 N–H and O–H groups in total. The third-order valence-electron chi connectivity index (χ3n) is 2.70. The Labute approximate surface area is 105 Å². The zero-order valence-corrected chi connectivity index (χ0v) is 10.7. The molecule has 2 rings (SSSR count). The van der Waals surface area contributed by atoms with E-state index in [1.165, 1.54) is 0 Å². The van der Waals surface area contributed by atoms with Crippen molar-refractivity contribution in [1.82, 2.24) is 4.90 Å². The smallest absolute Gasteiger partial charge is 0.198 e. The molecular weight excluding hydrogens is 245 g/mol. The van der Waals surface area contributed by atoms with Gasteiger partial charge in [-0.3, -0.25) is 4.99 Å². The van der Waals surface area contributed by atoms with Crippen molar-refractivity contribution in [2.45, 2.75) is 13.0 Å². The van der Waals surface area contributed by atoms with Crippen molar-refractivity contribution in [2.75, 3.05) is 18.9 Å². The predicted octanol–water partition coefficient (Wildman–Crippen LogP) is 3.10. The van der Waals surface area contributed by atoms with E-state index in [1.54, 1.807) is 12.1 Å². The molecule has 0 aliphatic carbocycles. The summed E-state index contributed by atoms with van der Waals surface area (Å²) in [6, 6.07) is 5.82. The lowest BCUT2D eigenvalue weighted by Crippen LogP contribution is -2.34. The highest BCUT2D eigenvalue weighted by Gasteiger charge is 2.21. The van der Waals surface area contributed by atoms with Gasteiger partial charge in [0.2, 0.25) is 0 Å². The van der Waals surface area contributed by atoms with Gasteiger partial charge < -0.3 is 10.2 Å². The van der Waals surface area contributed by atoms with Gasteiger partial charge in [-0.2, -0.15) is 0 Å². The molecule has 0 amide bonds. The standard InChI is InChI=1S/C11H13Cl2N3/c1-7-6-14-11(16(7)2)15-10-8(12)4-3-5-9(10)13/h3-5,7H,6H2,1-2H3,(H,14,15). The van der Waals surface area contributed by atoms with Crippen molar-refractivity contribution in [3.8, 4) is 0 Å². The fourth-order valence-electron chi connectivity index (χ4n) is 1.52. The van der Waals surface area contributed by atoms with E-state index >= 15 is 0 Å². The molecule has 86 valence electrons. The van der Waals surface area contributed by atoms with Gasteiger partial charge in [-0.1, -0.05) is 29.3 Å². The summed E-state index contributed by atoms with van der Waals surface area (Å²) in [5, 5.41) is 4.37. The van der Waals surface area contributed by atoms with Crippen LogP contribution in [0.1, 0.15) is 6.92 Å². The number of halogens is 2. The first-order valence-corrected chi connectivity index (χ1v) is 5.83. The summed E-state index contributed by atoms with van der Waals surface area (Å²) in [6.07, 6.45) is 0. The van der Waals surface area contributed by atoms with Crippen molar-refractivity contribution in [1.29, 1.82) is 0 Å². The van der Waals surface area contributed by atoms with Crippen LogP contribution in [-0.4, -0.2) is 30.5 Å². The number of guanidine groups is 1. The van der Waals surface area contributed by atoms with Crippen LogP contribution < -0.4 is 5.32 Å². The van der Waals surface area contributed by atoms with E-state index in [4.69, 9.17) is 23.2 Å². The topological polar surface area (TPSA) is 27.6 Å². The molecule has 1 aliphatic heterocycles. The largest absolute Gasteiger partial charge is 0.341 e. The van der Waals surface area contributed by atoms with Crippen LogP contribution in [0.4, 0.5) is 5.69 Å². The van der Waals surface area contributed by atoms with Crippen LogP contribution in [0.25, 0.3) is 0 Å². The molecule has 0 aromatic heterocycles. The zero-order chi connectivity index (χ0) is 11.7. The molecule has 1 aromatic rings. The summed E-state index contributed by atoms with van der Waals surface area (Å²) in [4.78, 5) is 6.46. The maximum absolute atomic E-state index is 6.07. The number of para-hydroxylation sites is 1. The Morgan fingerprint density at radius 2 is 2.00 bits per heavy atom. The van der Waals surface area contributed by atoms with E-state index in [0.29, 0.717) is 21.8 Å². The summed E-state index contributed by atoms with van der Waals surface area (Å²) >= 11 is 12.1. The summed E-state index contributed by atoms with van der Waals surface area (Å²) in [5.74, 6) is 0.808. The molecule has 0 saturated heterocycles. The van der Waals surface area contributed by atoms with Crippen molar-refractivity contribution in [2.24, 2.45) is 4.99 Å². The van der Waals surface area contributed by atoms with Gasteiger partial charge in [0.15, 0.2) is 5.96 Å². The number of rotatable bonds is 1. The van der Waals surface area contributed by atoms with Crippen molar-refractivity contribution in [3.63, 3.8) is 0 Å². The summed E-state index contributed by atoms with van der Waals surface area (Å²) in [6.45, 7) is 2.91. The molecule has 1 aromatic carbocycles. The Kier molecular flexibility index (Phi) is 3.26. The van der Waals surface area contributed by atoms with Crippen molar-refractivity contribution >= 4 is 34.8 Å². The molecule has 1 unspecified atom stereocenters. The van der Waals surface area contributed by atoms with Crippen LogP contribution in [0.15, 0.2) is 23.2 Å². The van der Waals surface area contributed by atoms with Gasteiger partial charge in [0.25, 0.3) is 0 Å². The molecule has 0 spiro atoms. The van der Waals surface area contributed by atoms with Gasteiger partial charge in [0.05, 0.1) is 22.3 Å². The first-order chi connectivity index (χ1) is 7.59. The Hall–Kier alpha value is -0.930. The lowest BCUT2D eigenvalue weighted by molar-refractivity contribution is 0.432. The van der Waals surface area contributed by atoms with E-state index in [9.17, 15) is 0 Å². The minimum Gasteiger partial charge on any atom is -0.341 e. The first-order valence-electron chi connectivity index (χ1n) is 5.08. The summed E-state index contributed by atoms with van der Waals surface area (Å²) in [5.41, 5.74) is 0.713. The van der Waals surface area contributed by atoms with Gasteiger partial charge in [0, 0.05) is 13.1 Å². The summed E-state index contributed by atoms with van der Waals surface area (Å²) in [7, 11) is 1.99. The third kappa shape index (κ3) is 2.11. The zero-order valence-electron chi connectivity index (χ0n) is 9.17. The average molecular weight is 258 g/mol. The van der Waals surface area contributed by atoms with E-state index in [-0.39, 0.29) is 0 Å². The minimum absolute atomic E-state index is 0.406. The second kappa shape index (κ2) is 4.52. The molecule has 1 aliphatic rings. The number of benzene rings is 1. The Balaban J connectivity index is 2.22. The van der Waals surface area contributed by atoms with Crippen LogP contribution in [0.5, 0.6) is 0 Å². The van der Waals surface area contributed by atoms with E-state index in [2.05, 4.69) is 22.1 Å². The van der Waals surface area contributed by atoms with Gasteiger partial charge in [-0.05, 0) is 19.1 Å². The van der Waals surface area contributed by atoms with Crippen LogP contribution in [0, 0.1) is 0 Å². The Morgan fingerprint density at radius 1 is 1.38 bits per heavy atom. The van der Waals surface area contributed by atoms with Crippen LogP contribution >= 0.6 is 23.2 Å². The van der Waals surface area contributed by atoms with Gasteiger partial charge in [0.1, 0.15) is 0 Å². The van der Waals surface area contributed by atoms with E-state index in [1.807, 2.05) is 13.1 Å². The molecule has 3 nitrogen and oxygen atoms in total. The lowest BCUT2D eigenvalue weighted by Gasteiger charge is -2.21. The van der Waals surface area contributed by atoms with E-state index < -0.39 is 0 Å². The third-order valence-corrected chi connectivity index (χ3v) is 3.33. The maximum Gasteiger partial charge on any atom is 0.198 e. The Morgan fingerprint density at radius 3 is 2.50 bits per heavy atom. The van der Waals surface area contributed by atoms with Crippen LogP contribution in [0.3, 0.4) is 0 Å². The van der Waals surface area contributed by atoms with E-state index in [0.717, 1.165) is 12.5 Å². The second-order valence-electron chi connectivity index (χ2n) is 3.85. The number of nitrogens with zero attached hydrogens (tertiary/aromatic N) is 2. The molecule has 0 fully saturated rings. The van der Waals surface area contributed by atoms with Crippen LogP contribution in [-0.2, 0) is 0 Å². The molecule has 0 saturated carbocycles. The quantitative estimate of drug-likeness (QED) is 0.838. The highest BCUT2D eigenvalue weighted by atomic mass is 35.5. The van der Waals surface area contributed by atoms with Gasteiger partial charge in [-0.25, -0.2) is 0 Å². The molecule has 16 heavy (non-hydrogen) atoms. The number of nitrogens with one attached hydrogen (secondary N) is 1. The molecule has 0 radical (unpaired) electrons. The number of aliphatic imine (C=N–C) groups is 1. The predicted molar refractivity (Wildman–Crippen MR) is 69.6 cm³/mol. The highest BCUT2D eigenvalue weighted by Crippen LogP contribution is 2.30. The first kappa shape index (κ1) is 11.6. The van der Waals surface area contributed by atoms with Crippen molar-refractivity contribution in [3.05, 3.63) is 28.2 Å². The highest BCUT2D eigenvalue weighted by molar-refractivity contribution is 6.39. The number of likely N-dealkylation sites (N-methyl/N-ethyl adjacent to an activating group) is 1. The fraction of sp³-hybridized carbons (Fsp3) is 0.364. The van der Waals surface area contributed by atoms with Gasteiger partial charge in [-0.15, -0.1) is 0 Å². The molecule has 1 atom stereocenters. The molecule has 0 bridgehead atoms. The number of hydrogen-bond acceptors (Lipinski definition) is 3. The average Bonchev–Trinajstić information content (AvgIpc) is 2.55. The molecule has 5 heteroatoms. The lowest BCUT2D eigenvalue weighted by atomic mass is 10.3. The van der Waals surface area contributed by atoms with Crippen molar-refractivity contribution < 1.29 is 0 Å². The summed E-state index contributed by atoms with van der Waals surface area (Å²) < 4.78 is 0. The normalized spacial score (nSPS) is 19.9. The fourth-order valence-corrected chi connectivity index (χ4v) is 2.01. The van der Waals surface area contributed by atoms with Gasteiger partial charge >= 0.3 is 0 Å². The monoisotopic (exact) mass is 257 g/mol. The minimum atomic E-state index is 0.406. The number of anilines is 1. The molecule has 1 heterocycles.